The molecule has 0 bridgehead atoms. The van der Waals surface area contributed by atoms with Crippen LogP contribution >= 0.6 is 22.6 Å². The number of carboxylic acids is 1. The third-order valence-electron chi connectivity index (χ3n) is 3.37. The summed E-state index contributed by atoms with van der Waals surface area (Å²) < 4.78 is 1.87. The van der Waals surface area contributed by atoms with E-state index in [0.29, 0.717) is 20.2 Å². The monoisotopic (exact) mass is 423 g/mol. The summed E-state index contributed by atoms with van der Waals surface area (Å²) >= 11 is 1.89. The second kappa shape index (κ2) is 5.95. The summed E-state index contributed by atoms with van der Waals surface area (Å²) in [5.74, 6) is -1.06. The molecule has 0 aliphatic carbocycles. The van der Waals surface area contributed by atoms with Gasteiger partial charge in [-0.2, -0.15) is 0 Å². The predicted octanol–water partition coefficient (Wildman–Crippen LogP) is 1.44. The number of rotatable bonds is 3. The fraction of sp³-hybridized carbons (Fsp3) is 0.0667. The number of aromatic nitrogens is 3. The molecule has 0 radical (unpaired) electrons. The number of benzene rings is 1. The molecule has 3 aromatic rings. The number of H-pyrrole nitrogens is 1. The summed E-state index contributed by atoms with van der Waals surface area (Å²) in [6, 6.07) is 8.14. The molecule has 2 heterocycles. The molecule has 1 aromatic carbocycles. The zero-order valence-electron chi connectivity index (χ0n) is 11.6. The van der Waals surface area contributed by atoms with Crippen LogP contribution in [0.3, 0.4) is 0 Å². The Kier molecular flexibility index (Phi) is 3.99. The van der Waals surface area contributed by atoms with Crippen molar-refractivity contribution in [1.29, 1.82) is 0 Å². The molecule has 116 valence electrons. The highest BCUT2D eigenvalue weighted by atomic mass is 127. The molecule has 0 aliphatic rings. The van der Waals surface area contributed by atoms with Crippen molar-refractivity contribution in [3.05, 3.63) is 72.2 Å². The maximum atomic E-state index is 12.1. The standard InChI is InChI=1S/C15H10IN3O4/c16-11-6-17-8(5-10(11)14(21)22)7-19-12-4-2-1-3-9(12)13(20)18-15(19)23/h1-6H,7H2,(H,21,22)(H,18,20,23). The van der Waals surface area contributed by atoms with Crippen molar-refractivity contribution < 1.29 is 9.90 Å². The summed E-state index contributed by atoms with van der Waals surface area (Å²) in [6.45, 7) is 0.0628. The van der Waals surface area contributed by atoms with E-state index in [4.69, 9.17) is 0 Å². The number of carboxylic acid groups (broad SMARTS) is 1. The Bertz CT molecular complexity index is 1040. The number of nitrogens with zero attached hydrogens (tertiary/aromatic N) is 2. The molecule has 0 amide bonds. The Morgan fingerprint density at radius 3 is 2.78 bits per heavy atom. The molecule has 0 saturated carbocycles. The Labute approximate surface area is 142 Å². The number of carbonyl (C=O) groups is 1. The second-order valence-electron chi connectivity index (χ2n) is 4.82. The number of pyridine rings is 1. The SMILES string of the molecule is O=C(O)c1cc(Cn2c(=O)[nH]c(=O)c3ccccc32)ncc1I. The lowest BCUT2D eigenvalue weighted by Crippen LogP contribution is -2.30. The predicted molar refractivity (Wildman–Crippen MR) is 91.8 cm³/mol. The maximum absolute atomic E-state index is 12.1. The van der Waals surface area contributed by atoms with Crippen molar-refractivity contribution in [2.75, 3.05) is 0 Å². The molecule has 0 unspecified atom stereocenters. The van der Waals surface area contributed by atoms with Gasteiger partial charge in [0.15, 0.2) is 0 Å². The van der Waals surface area contributed by atoms with Crippen molar-refractivity contribution in [2.24, 2.45) is 0 Å². The van der Waals surface area contributed by atoms with Crippen LogP contribution in [-0.4, -0.2) is 25.6 Å². The van der Waals surface area contributed by atoms with Crippen LogP contribution in [0.1, 0.15) is 16.1 Å². The number of fused-ring (bicyclic) bond motifs is 1. The van der Waals surface area contributed by atoms with Crippen molar-refractivity contribution in [2.45, 2.75) is 6.54 Å². The molecule has 0 aliphatic heterocycles. The quantitative estimate of drug-likeness (QED) is 0.621. The van der Waals surface area contributed by atoms with Gasteiger partial charge < -0.3 is 5.11 Å². The molecule has 0 spiro atoms. The van der Waals surface area contributed by atoms with Crippen LogP contribution < -0.4 is 11.2 Å². The number of aromatic amines is 1. The highest BCUT2D eigenvalue weighted by Gasteiger charge is 2.12. The summed E-state index contributed by atoms with van der Waals surface area (Å²) in [5, 5.41) is 9.56. The topological polar surface area (TPSA) is 105 Å². The lowest BCUT2D eigenvalue weighted by Gasteiger charge is -2.09. The fourth-order valence-corrected chi connectivity index (χ4v) is 2.82. The summed E-state index contributed by atoms with van der Waals surface area (Å²) in [6.07, 6.45) is 1.44. The van der Waals surface area contributed by atoms with Gasteiger partial charge in [0.1, 0.15) is 0 Å². The second-order valence-corrected chi connectivity index (χ2v) is 5.99. The Morgan fingerprint density at radius 2 is 2.04 bits per heavy atom. The van der Waals surface area contributed by atoms with Crippen molar-refractivity contribution in [3.63, 3.8) is 0 Å². The van der Waals surface area contributed by atoms with Crippen molar-refractivity contribution in [3.8, 4) is 0 Å². The van der Waals surface area contributed by atoms with E-state index in [0.717, 1.165) is 0 Å². The van der Waals surface area contributed by atoms with Gasteiger partial charge >= 0.3 is 11.7 Å². The minimum Gasteiger partial charge on any atom is -0.478 e. The average Bonchev–Trinajstić information content (AvgIpc) is 2.52. The first-order valence-electron chi connectivity index (χ1n) is 6.57. The Morgan fingerprint density at radius 1 is 1.30 bits per heavy atom. The van der Waals surface area contributed by atoms with Gasteiger partial charge in [-0.3, -0.25) is 19.3 Å². The molecule has 0 saturated heterocycles. The number of halogens is 1. The highest BCUT2D eigenvalue weighted by molar-refractivity contribution is 14.1. The summed E-state index contributed by atoms with van der Waals surface area (Å²) in [7, 11) is 0. The number of hydrogen-bond donors (Lipinski definition) is 2. The third kappa shape index (κ3) is 2.89. The van der Waals surface area contributed by atoms with E-state index >= 15 is 0 Å². The van der Waals surface area contributed by atoms with Gasteiger partial charge in [-0.1, -0.05) is 12.1 Å². The molecular weight excluding hydrogens is 413 g/mol. The van der Waals surface area contributed by atoms with Crippen LogP contribution in [-0.2, 0) is 6.54 Å². The first kappa shape index (κ1) is 15.4. The average molecular weight is 423 g/mol. The lowest BCUT2D eigenvalue weighted by atomic mass is 10.2. The first-order chi connectivity index (χ1) is 11.0. The molecule has 3 rings (SSSR count). The zero-order chi connectivity index (χ0) is 16.6. The van der Waals surface area contributed by atoms with Gasteiger partial charge in [0, 0.05) is 9.77 Å². The van der Waals surface area contributed by atoms with E-state index < -0.39 is 17.2 Å². The maximum Gasteiger partial charge on any atom is 0.336 e. The molecule has 7 nitrogen and oxygen atoms in total. The van der Waals surface area contributed by atoms with Crippen LogP contribution in [0.5, 0.6) is 0 Å². The van der Waals surface area contributed by atoms with Gasteiger partial charge in [0.05, 0.1) is 28.7 Å². The Hall–Kier alpha value is -2.49. The minimum atomic E-state index is -1.06. The van der Waals surface area contributed by atoms with E-state index in [-0.39, 0.29) is 12.1 Å². The lowest BCUT2D eigenvalue weighted by molar-refractivity contribution is 0.0695. The van der Waals surface area contributed by atoms with Gasteiger partial charge in [0.25, 0.3) is 5.56 Å². The van der Waals surface area contributed by atoms with Gasteiger partial charge in [-0.05, 0) is 40.8 Å². The number of aromatic carboxylic acids is 1. The molecule has 2 aromatic heterocycles. The molecule has 8 heteroatoms. The van der Waals surface area contributed by atoms with Crippen LogP contribution in [0.15, 0.2) is 46.1 Å². The molecule has 0 fully saturated rings. The highest BCUT2D eigenvalue weighted by Crippen LogP contribution is 2.14. The fourth-order valence-electron chi connectivity index (χ4n) is 2.29. The van der Waals surface area contributed by atoms with Crippen LogP contribution in [0.2, 0.25) is 0 Å². The van der Waals surface area contributed by atoms with E-state index in [9.17, 15) is 19.5 Å². The minimum absolute atomic E-state index is 0.0628. The summed E-state index contributed by atoms with van der Waals surface area (Å²) in [4.78, 5) is 41.6. The number of nitrogens with one attached hydrogen (secondary N) is 1. The van der Waals surface area contributed by atoms with Gasteiger partial charge in [0.2, 0.25) is 0 Å². The van der Waals surface area contributed by atoms with Crippen molar-refractivity contribution >= 4 is 39.5 Å². The van der Waals surface area contributed by atoms with E-state index in [1.165, 1.54) is 16.8 Å². The normalized spacial score (nSPS) is 10.8. The van der Waals surface area contributed by atoms with Crippen LogP contribution in [0.25, 0.3) is 10.9 Å². The molecule has 2 N–H and O–H groups in total. The van der Waals surface area contributed by atoms with Crippen LogP contribution in [0, 0.1) is 3.57 Å². The number of hydrogen-bond acceptors (Lipinski definition) is 4. The third-order valence-corrected chi connectivity index (χ3v) is 4.23. The van der Waals surface area contributed by atoms with E-state index in [2.05, 4.69) is 9.97 Å². The van der Waals surface area contributed by atoms with E-state index in [1.54, 1.807) is 24.3 Å². The van der Waals surface area contributed by atoms with Gasteiger partial charge in [-0.25, -0.2) is 9.59 Å². The Balaban J connectivity index is 2.16. The van der Waals surface area contributed by atoms with E-state index in [1.807, 2.05) is 22.6 Å². The van der Waals surface area contributed by atoms with Gasteiger partial charge in [-0.15, -0.1) is 0 Å². The summed E-state index contributed by atoms with van der Waals surface area (Å²) in [5.41, 5.74) is -0.00691. The largest absolute Gasteiger partial charge is 0.478 e. The zero-order valence-corrected chi connectivity index (χ0v) is 13.8. The molecule has 0 atom stereocenters. The smallest absolute Gasteiger partial charge is 0.336 e. The molecular formula is C15H10IN3O4. The molecule has 23 heavy (non-hydrogen) atoms. The first-order valence-corrected chi connectivity index (χ1v) is 7.65. The van der Waals surface area contributed by atoms with Crippen molar-refractivity contribution in [1.82, 2.24) is 14.5 Å². The number of para-hydroxylation sites is 1. The van der Waals surface area contributed by atoms with Crippen LogP contribution in [0.4, 0.5) is 0 Å².